The Kier molecular flexibility index (Phi) is 5.81. The summed E-state index contributed by atoms with van der Waals surface area (Å²) in [5, 5.41) is 21.6. The summed E-state index contributed by atoms with van der Waals surface area (Å²) in [6.07, 6.45) is -0.199. The lowest BCUT2D eigenvalue weighted by molar-refractivity contribution is -0.385. The molecule has 0 radical (unpaired) electrons. The van der Waals surface area contributed by atoms with Crippen LogP contribution in [0.15, 0.2) is 42.5 Å². The Bertz CT molecular complexity index is 837. The van der Waals surface area contributed by atoms with Gasteiger partial charge in [0.05, 0.1) is 9.85 Å². The number of ether oxygens (including phenoxy) is 1. The minimum absolute atomic E-state index is 0.0479. The quantitative estimate of drug-likeness (QED) is 0.536. The average Bonchev–Trinajstić information content (AvgIpc) is 2.59. The summed E-state index contributed by atoms with van der Waals surface area (Å²) in [6, 6.07) is 8.77. The maximum atomic E-state index is 11.1. The van der Waals surface area contributed by atoms with Gasteiger partial charge in [0, 0.05) is 42.3 Å². The van der Waals surface area contributed by atoms with E-state index in [2.05, 4.69) is 0 Å². The molecule has 4 N–H and O–H groups in total. The van der Waals surface area contributed by atoms with Gasteiger partial charge in [0.15, 0.2) is 0 Å². The van der Waals surface area contributed by atoms with Crippen molar-refractivity contribution in [1.82, 2.24) is 0 Å². The normalized spacial score (nSPS) is 11.6. The standard InChI is InChI=1S/C16H16N4O6/c17-14(8-16(18)21)13-7-12(20(24)25)5-6-15(13)26-9-10-1-3-11(4-2-10)19(22)23/h1-7,14H,8-9,17H2,(H2,18,21). The summed E-state index contributed by atoms with van der Waals surface area (Å²) in [5.41, 5.74) is 11.7. The molecule has 2 aromatic rings. The molecule has 2 rings (SSSR count). The fourth-order valence-corrected chi connectivity index (χ4v) is 2.27. The second-order valence-electron chi connectivity index (χ2n) is 5.47. The van der Waals surface area contributed by atoms with Gasteiger partial charge in [0.2, 0.25) is 5.91 Å². The monoisotopic (exact) mass is 360 g/mol. The molecule has 0 heterocycles. The highest BCUT2D eigenvalue weighted by Crippen LogP contribution is 2.30. The molecule has 10 nitrogen and oxygen atoms in total. The van der Waals surface area contributed by atoms with Gasteiger partial charge in [-0.1, -0.05) is 0 Å². The van der Waals surface area contributed by atoms with Crippen LogP contribution in [0.2, 0.25) is 0 Å². The first-order chi connectivity index (χ1) is 12.3. The number of nitro groups is 2. The third kappa shape index (κ3) is 4.74. The number of primary amides is 1. The highest BCUT2D eigenvalue weighted by molar-refractivity contribution is 5.75. The maximum absolute atomic E-state index is 11.1. The van der Waals surface area contributed by atoms with E-state index in [1.165, 1.54) is 42.5 Å². The smallest absolute Gasteiger partial charge is 0.270 e. The molecule has 0 bridgehead atoms. The lowest BCUT2D eigenvalue weighted by atomic mass is 10.0. The van der Waals surface area contributed by atoms with Crippen LogP contribution in [-0.4, -0.2) is 15.8 Å². The molecule has 0 aliphatic heterocycles. The Morgan fingerprint density at radius 1 is 1.04 bits per heavy atom. The van der Waals surface area contributed by atoms with Crippen molar-refractivity contribution in [3.05, 3.63) is 73.8 Å². The van der Waals surface area contributed by atoms with E-state index < -0.39 is 21.8 Å². The van der Waals surface area contributed by atoms with Crippen molar-refractivity contribution in [3.8, 4) is 5.75 Å². The summed E-state index contributed by atoms with van der Waals surface area (Å²) in [5.74, 6) is -0.381. The highest BCUT2D eigenvalue weighted by atomic mass is 16.6. The first kappa shape index (κ1) is 18.8. The molecule has 26 heavy (non-hydrogen) atoms. The molecular formula is C16H16N4O6. The summed E-state index contributed by atoms with van der Waals surface area (Å²) in [4.78, 5) is 31.6. The summed E-state index contributed by atoms with van der Waals surface area (Å²) < 4.78 is 5.64. The second kappa shape index (κ2) is 8.03. The number of hydrogen-bond donors (Lipinski definition) is 2. The van der Waals surface area contributed by atoms with Crippen molar-refractivity contribution in [1.29, 1.82) is 0 Å². The molecular weight excluding hydrogens is 344 g/mol. The fraction of sp³-hybridized carbons (Fsp3) is 0.188. The zero-order valence-corrected chi connectivity index (χ0v) is 13.5. The van der Waals surface area contributed by atoms with E-state index in [0.717, 1.165) is 0 Å². The third-order valence-electron chi connectivity index (χ3n) is 3.57. The van der Waals surface area contributed by atoms with Gasteiger partial charge in [0.25, 0.3) is 11.4 Å². The number of benzene rings is 2. The van der Waals surface area contributed by atoms with E-state index in [9.17, 15) is 25.0 Å². The van der Waals surface area contributed by atoms with E-state index in [0.29, 0.717) is 5.56 Å². The number of carbonyl (C=O) groups is 1. The molecule has 2 aromatic carbocycles. The number of nitrogens with zero attached hydrogens (tertiary/aromatic N) is 2. The number of hydrogen-bond acceptors (Lipinski definition) is 7. The average molecular weight is 360 g/mol. The van der Waals surface area contributed by atoms with Crippen LogP contribution in [0.1, 0.15) is 23.6 Å². The Morgan fingerprint density at radius 3 is 2.15 bits per heavy atom. The van der Waals surface area contributed by atoms with Gasteiger partial charge in [-0.25, -0.2) is 0 Å². The number of nitro benzene ring substituents is 2. The molecule has 10 heteroatoms. The van der Waals surface area contributed by atoms with Crippen LogP contribution in [0.25, 0.3) is 0 Å². The molecule has 1 amide bonds. The Balaban J connectivity index is 2.22. The van der Waals surface area contributed by atoms with Crippen molar-refractivity contribution < 1.29 is 19.4 Å². The molecule has 0 aromatic heterocycles. The van der Waals surface area contributed by atoms with Crippen LogP contribution in [0.3, 0.4) is 0 Å². The molecule has 1 unspecified atom stereocenters. The van der Waals surface area contributed by atoms with Gasteiger partial charge in [-0.2, -0.15) is 0 Å². The molecule has 1 atom stereocenters. The Morgan fingerprint density at radius 2 is 1.62 bits per heavy atom. The fourth-order valence-electron chi connectivity index (χ4n) is 2.27. The van der Waals surface area contributed by atoms with Gasteiger partial charge >= 0.3 is 0 Å². The van der Waals surface area contributed by atoms with Crippen molar-refractivity contribution in [2.75, 3.05) is 0 Å². The largest absolute Gasteiger partial charge is 0.489 e. The summed E-state index contributed by atoms with van der Waals surface area (Å²) in [6.45, 7) is 0.0616. The predicted octanol–water partition coefficient (Wildman–Crippen LogP) is 1.96. The van der Waals surface area contributed by atoms with Crippen molar-refractivity contribution >= 4 is 17.3 Å². The Hall–Kier alpha value is -3.53. The minimum atomic E-state index is -0.862. The van der Waals surface area contributed by atoms with Gasteiger partial charge in [-0.05, 0) is 23.8 Å². The highest BCUT2D eigenvalue weighted by Gasteiger charge is 2.19. The van der Waals surface area contributed by atoms with E-state index in [-0.39, 0.29) is 35.7 Å². The third-order valence-corrected chi connectivity index (χ3v) is 3.57. The number of amides is 1. The van der Waals surface area contributed by atoms with Gasteiger partial charge in [0.1, 0.15) is 12.4 Å². The lowest BCUT2D eigenvalue weighted by Crippen LogP contribution is -2.21. The van der Waals surface area contributed by atoms with E-state index in [1.807, 2.05) is 0 Å². The first-order valence-corrected chi connectivity index (χ1v) is 7.46. The molecule has 0 aliphatic carbocycles. The maximum Gasteiger partial charge on any atom is 0.270 e. The number of non-ortho nitro benzene ring substituents is 2. The van der Waals surface area contributed by atoms with Crippen LogP contribution < -0.4 is 16.2 Å². The minimum Gasteiger partial charge on any atom is -0.489 e. The number of nitrogens with two attached hydrogens (primary N) is 2. The van der Waals surface area contributed by atoms with Gasteiger partial charge in [-0.3, -0.25) is 25.0 Å². The predicted molar refractivity (Wildman–Crippen MR) is 91.3 cm³/mol. The molecule has 0 fully saturated rings. The zero-order chi connectivity index (χ0) is 19.3. The molecule has 136 valence electrons. The number of rotatable bonds is 8. The van der Waals surface area contributed by atoms with Crippen LogP contribution >= 0.6 is 0 Å². The second-order valence-corrected chi connectivity index (χ2v) is 5.47. The van der Waals surface area contributed by atoms with Crippen molar-refractivity contribution in [2.24, 2.45) is 11.5 Å². The molecule has 0 spiro atoms. The molecule has 0 saturated heterocycles. The molecule has 0 aliphatic rings. The summed E-state index contributed by atoms with van der Waals surface area (Å²) >= 11 is 0. The van der Waals surface area contributed by atoms with Crippen LogP contribution in [0.4, 0.5) is 11.4 Å². The van der Waals surface area contributed by atoms with E-state index >= 15 is 0 Å². The lowest BCUT2D eigenvalue weighted by Gasteiger charge is -2.16. The zero-order valence-electron chi connectivity index (χ0n) is 13.5. The summed E-state index contributed by atoms with van der Waals surface area (Å²) in [7, 11) is 0. The topological polar surface area (TPSA) is 165 Å². The first-order valence-electron chi connectivity index (χ1n) is 7.46. The Labute approximate surface area is 147 Å². The van der Waals surface area contributed by atoms with Crippen molar-refractivity contribution in [2.45, 2.75) is 19.1 Å². The SMILES string of the molecule is NC(=O)CC(N)c1cc([N+](=O)[O-])ccc1OCc1ccc([N+](=O)[O-])cc1. The van der Waals surface area contributed by atoms with Crippen molar-refractivity contribution in [3.63, 3.8) is 0 Å². The van der Waals surface area contributed by atoms with Crippen LogP contribution in [0.5, 0.6) is 5.75 Å². The van der Waals surface area contributed by atoms with Gasteiger partial charge in [-0.15, -0.1) is 0 Å². The van der Waals surface area contributed by atoms with E-state index in [1.54, 1.807) is 0 Å². The van der Waals surface area contributed by atoms with Crippen LogP contribution in [0, 0.1) is 20.2 Å². The van der Waals surface area contributed by atoms with Gasteiger partial charge < -0.3 is 16.2 Å². The van der Waals surface area contributed by atoms with Crippen LogP contribution in [-0.2, 0) is 11.4 Å². The number of carbonyl (C=O) groups excluding carboxylic acids is 1. The van der Waals surface area contributed by atoms with E-state index in [4.69, 9.17) is 16.2 Å². The molecule has 0 saturated carbocycles.